The van der Waals surface area contributed by atoms with Crippen molar-refractivity contribution in [3.8, 4) is 0 Å². The van der Waals surface area contributed by atoms with E-state index in [1.807, 2.05) is 7.05 Å². The second-order valence-corrected chi connectivity index (χ2v) is 6.40. The average molecular weight is 328 g/mol. The predicted octanol–water partition coefficient (Wildman–Crippen LogP) is 2.42. The van der Waals surface area contributed by atoms with Gasteiger partial charge in [-0.05, 0) is 54.3 Å². The van der Waals surface area contributed by atoms with Crippen LogP contribution in [0.15, 0.2) is 10.8 Å². The summed E-state index contributed by atoms with van der Waals surface area (Å²) in [4.78, 5) is 10.9. The van der Waals surface area contributed by atoms with Crippen LogP contribution in [0.2, 0.25) is 0 Å². The van der Waals surface area contributed by atoms with E-state index < -0.39 is 0 Å². The molecule has 0 amide bonds. The zero-order chi connectivity index (χ0) is 13.9. The Morgan fingerprint density at radius 2 is 1.95 bits per heavy atom. The summed E-state index contributed by atoms with van der Waals surface area (Å²) >= 11 is 3.54. The Balaban J connectivity index is 1.99. The molecule has 0 saturated carbocycles. The van der Waals surface area contributed by atoms with E-state index in [-0.39, 0.29) is 0 Å². The van der Waals surface area contributed by atoms with Gasteiger partial charge < -0.3 is 15.5 Å². The molecule has 1 aromatic heterocycles. The van der Waals surface area contributed by atoms with Gasteiger partial charge in [-0.3, -0.25) is 0 Å². The molecule has 5 nitrogen and oxygen atoms in total. The Morgan fingerprint density at radius 1 is 1.32 bits per heavy atom. The van der Waals surface area contributed by atoms with E-state index in [9.17, 15) is 0 Å². The van der Waals surface area contributed by atoms with Gasteiger partial charge in [0.15, 0.2) is 0 Å². The first kappa shape index (κ1) is 14.5. The quantitative estimate of drug-likeness (QED) is 0.889. The summed E-state index contributed by atoms with van der Waals surface area (Å²) in [6.07, 6.45) is 4.02. The minimum Gasteiger partial charge on any atom is -0.372 e. The Morgan fingerprint density at radius 3 is 2.58 bits per heavy atom. The summed E-state index contributed by atoms with van der Waals surface area (Å²) in [5.41, 5.74) is 0.344. The first-order chi connectivity index (χ1) is 9.04. The van der Waals surface area contributed by atoms with Crippen LogP contribution < -0.4 is 10.6 Å². The molecule has 0 spiro atoms. The van der Waals surface area contributed by atoms with Crippen molar-refractivity contribution in [3.05, 3.63) is 10.8 Å². The zero-order valence-electron chi connectivity index (χ0n) is 11.8. The number of halogens is 1. The molecule has 1 saturated heterocycles. The van der Waals surface area contributed by atoms with Crippen LogP contribution in [0.3, 0.4) is 0 Å². The monoisotopic (exact) mass is 327 g/mol. The molecule has 106 valence electrons. The molecule has 1 aliphatic rings. The smallest absolute Gasteiger partial charge is 0.145 e. The van der Waals surface area contributed by atoms with Crippen LogP contribution in [0.5, 0.6) is 0 Å². The van der Waals surface area contributed by atoms with Crippen LogP contribution in [0.4, 0.5) is 11.6 Å². The summed E-state index contributed by atoms with van der Waals surface area (Å²) in [5.74, 6) is 1.67. The highest BCUT2D eigenvalue weighted by molar-refractivity contribution is 9.10. The minimum atomic E-state index is 0.344. The lowest BCUT2D eigenvalue weighted by Gasteiger charge is -2.38. The molecule has 1 aromatic rings. The Bertz CT molecular complexity index is 429. The Hall–Kier alpha value is -0.880. The molecule has 2 heterocycles. The second kappa shape index (κ2) is 6.05. The molecule has 2 rings (SSSR count). The van der Waals surface area contributed by atoms with E-state index in [0.717, 1.165) is 22.7 Å². The van der Waals surface area contributed by atoms with E-state index >= 15 is 0 Å². The normalized spacial score (nSPS) is 19.2. The van der Waals surface area contributed by atoms with Gasteiger partial charge in [-0.1, -0.05) is 6.92 Å². The van der Waals surface area contributed by atoms with Gasteiger partial charge in [-0.15, -0.1) is 0 Å². The first-order valence-electron chi connectivity index (χ1n) is 6.65. The van der Waals surface area contributed by atoms with E-state index in [1.165, 1.54) is 25.9 Å². The topological polar surface area (TPSA) is 53.1 Å². The number of nitrogens with one attached hydrogen (secondary N) is 2. The standard InChI is InChI=1S/C13H22BrN5/c1-13(4-6-19(3)7-5-13)8-16-12-10(14)11(15-2)17-9-18-12/h9H,4-8H2,1-3H3,(H2,15,16,17,18). The maximum atomic E-state index is 4.30. The van der Waals surface area contributed by atoms with Crippen molar-refractivity contribution in [2.75, 3.05) is 44.4 Å². The van der Waals surface area contributed by atoms with Crippen LogP contribution in [0, 0.1) is 5.41 Å². The molecule has 1 aliphatic heterocycles. The highest BCUT2D eigenvalue weighted by atomic mass is 79.9. The van der Waals surface area contributed by atoms with Crippen LogP contribution in [-0.4, -0.2) is 48.6 Å². The molecular weight excluding hydrogens is 306 g/mol. The third-order valence-electron chi connectivity index (χ3n) is 3.90. The number of likely N-dealkylation sites (tertiary alicyclic amines) is 1. The van der Waals surface area contributed by atoms with E-state index in [1.54, 1.807) is 6.33 Å². The summed E-state index contributed by atoms with van der Waals surface area (Å²) < 4.78 is 0.897. The van der Waals surface area contributed by atoms with Gasteiger partial charge in [0, 0.05) is 13.6 Å². The number of aromatic nitrogens is 2. The molecule has 0 aromatic carbocycles. The third-order valence-corrected chi connectivity index (χ3v) is 4.65. The predicted molar refractivity (Wildman–Crippen MR) is 82.6 cm³/mol. The summed E-state index contributed by atoms with van der Waals surface area (Å²) in [6.45, 7) is 5.64. The van der Waals surface area contributed by atoms with Crippen LogP contribution in [0.25, 0.3) is 0 Å². The molecule has 19 heavy (non-hydrogen) atoms. The number of nitrogens with zero attached hydrogens (tertiary/aromatic N) is 3. The molecule has 0 bridgehead atoms. The first-order valence-corrected chi connectivity index (χ1v) is 7.44. The maximum absolute atomic E-state index is 4.30. The van der Waals surface area contributed by atoms with Crippen molar-refractivity contribution in [2.45, 2.75) is 19.8 Å². The number of hydrogen-bond donors (Lipinski definition) is 2. The van der Waals surface area contributed by atoms with Crippen molar-refractivity contribution in [1.29, 1.82) is 0 Å². The molecule has 0 aliphatic carbocycles. The molecule has 2 N–H and O–H groups in total. The summed E-state index contributed by atoms with van der Waals surface area (Å²) in [7, 11) is 4.04. The Labute approximate surface area is 123 Å². The minimum absolute atomic E-state index is 0.344. The fourth-order valence-electron chi connectivity index (χ4n) is 2.30. The molecular formula is C13H22BrN5. The van der Waals surface area contributed by atoms with Crippen LogP contribution in [-0.2, 0) is 0 Å². The molecule has 0 radical (unpaired) electrons. The zero-order valence-corrected chi connectivity index (χ0v) is 13.4. The average Bonchev–Trinajstić information content (AvgIpc) is 2.41. The van der Waals surface area contributed by atoms with Crippen molar-refractivity contribution in [2.24, 2.45) is 5.41 Å². The van der Waals surface area contributed by atoms with Gasteiger partial charge in [0.25, 0.3) is 0 Å². The van der Waals surface area contributed by atoms with Crippen molar-refractivity contribution >= 4 is 27.6 Å². The second-order valence-electron chi connectivity index (χ2n) is 5.60. The van der Waals surface area contributed by atoms with Crippen molar-refractivity contribution in [1.82, 2.24) is 14.9 Å². The van der Waals surface area contributed by atoms with Crippen molar-refractivity contribution < 1.29 is 0 Å². The lowest BCUT2D eigenvalue weighted by Crippen LogP contribution is -2.40. The van der Waals surface area contributed by atoms with E-state index in [4.69, 9.17) is 0 Å². The fraction of sp³-hybridized carbons (Fsp3) is 0.692. The van der Waals surface area contributed by atoms with E-state index in [0.29, 0.717) is 5.41 Å². The van der Waals surface area contributed by atoms with Gasteiger partial charge in [-0.2, -0.15) is 0 Å². The van der Waals surface area contributed by atoms with Gasteiger partial charge in [0.1, 0.15) is 22.4 Å². The molecule has 1 fully saturated rings. The number of rotatable bonds is 4. The SMILES string of the molecule is CNc1ncnc(NCC2(C)CCN(C)CC2)c1Br. The fourth-order valence-corrected chi connectivity index (χ4v) is 2.84. The number of anilines is 2. The van der Waals surface area contributed by atoms with Gasteiger partial charge >= 0.3 is 0 Å². The number of piperidine rings is 1. The highest BCUT2D eigenvalue weighted by Gasteiger charge is 2.28. The van der Waals surface area contributed by atoms with Crippen molar-refractivity contribution in [3.63, 3.8) is 0 Å². The summed E-state index contributed by atoms with van der Waals surface area (Å²) in [6, 6.07) is 0. The Kier molecular flexibility index (Phi) is 4.62. The van der Waals surface area contributed by atoms with Gasteiger partial charge in [0.2, 0.25) is 0 Å². The molecule has 0 unspecified atom stereocenters. The number of hydrogen-bond acceptors (Lipinski definition) is 5. The largest absolute Gasteiger partial charge is 0.372 e. The molecule has 0 atom stereocenters. The van der Waals surface area contributed by atoms with Gasteiger partial charge in [-0.25, -0.2) is 9.97 Å². The maximum Gasteiger partial charge on any atom is 0.145 e. The lowest BCUT2D eigenvalue weighted by atomic mass is 9.80. The lowest BCUT2D eigenvalue weighted by molar-refractivity contribution is 0.150. The highest BCUT2D eigenvalue weighted by Crippen LogP contribution is 2.32. The van der Waals surface area contributed by atoms with Gasteiger partial charge in [0.05, 0.1) is 0 Å². The van der Waals surface area contributed by atoms with Crippen LogP contribution in [0.1, 0.15) is 19.8 Å². The van der Waals surface area contributed by atoms with Crippen LogP contribution >= 0.6 is 15.9 Å². The van der Waals surface area contributed by atoms with E-state index in [2.05, 4.69) is 55.4 Å². The molecule has 6 heteroatoms. The summed E-state index contributed by atoms with van der Waals surface area (Å²) in [5, 5.41) is 6.50. The third kappa shape index (κ3) is 3.57.